The van der Waals surface area contributed by atoms with Crippen LogP contribution in [0.1, 0.15) is 32.1 Å². The normalized spacial score (nSPS) is 10.5. The van der Waals surface area contributed by atoms with Crippen LogP contribution in [-0.4, -0.2) is 29.3 Å². The highest BCUT2D eigenvalue weighted by atomic mass is 35.5. The van der Waals surface area contributed by atoms with Crippen molar-refractivity contribution >= 4 is 46.3 Å². The first-order valence-corrected chi connectivity index (χ1v) is 10.2. The second-order valence-corrected chi connectivity index (χ2v) is 7.85. The second-order valence-electron chi connectivity index (χ2n) is 6.41. The molecule has 0 saturated carbocycles. The Labute approximate surface area is 182 Å². The standard InChI is InChI=1S/C21H19ClN4O3S/c1-12-18(30-21(25-12)13-6-8-14(22)9-7-13)20(29)26-16-5-3-2-4-15(16)19(28)24-11-10-17(23)27/h2-9H,10-11H2,1H3,(H2,23,27)(H,24,28)(H,26,29). The minimum atomic E-state index is -0.506. The van der Waals surface area contributed by atoms with Crippen molar-refractivity contribution in [3.63, 3.8) is 0 Å². The van der Waals surface area contributed by atoms with E-state index in [1.165, 1.54) is 11.3 Å². The van der Waals surface area contributed by atoms with Crippen molar-refractivity contribution in [2.24, 2.45) is 5.73 Å². The van der Waals surface area contributed by atoms with Crippen LogP contribution in [-0.2, 0) is 4.79 Å². The third kappa shape index (κ3) is 5.22. The van der Waals surface area contributed by atoms with Gasteiger partial charge >= 0.3 is 0 Å². The Kier molecular flexibility index (Phi) is 6.81. The molecule has 0 aliphatic heterocycles. The van der Waals surface area contributed by atoms with E-state index >= 15 is 0 Å². The van der Waals surface area contributed by atoms with Gasteiger partial charge in [-0.1, -0.05) is 35.9 Å². The van der Waals surface area contributed by atoms with Crippen LogP contribution in [0.4, 0.5) is 5.69 Å². The maximum Gasteiger partial charge on any atom is 0.267 e. The molecule has 154 valence electrons. The van der Waals surface area contributed by atoms with Crippen molar-refractivity contribution in [1.82, 2.24) is 10.3 Å². The number of thiazole rings is 1. The monoisotopic (exact) mass is 442 g/mol. The maximum atomic E-state index is 12.9. The number of carbonyl (C=O) groups is 3. The van der Waals surface area contributed by atoms with E-state index in [1.807, 2.05) is 12.1 Å². The first kappa shape index (κ1) is 21.5. The Morgan fingerprint density at radius 2 is 1.77 bits per heavy atom. The van der Waals surface area contributed by atoms with Crippen LogP contribution < -0.4 is 16.4 Å². The molecular formula is C21H19ClN4O3S. The van der Waals surface area contributed by atoms with Crippen LogP contribution in [0.25, 0.3) is 10.6 Å². The lowest BCUT2D eigenvalue weighted by Crippen LogP contribution is -2.28. The predicted octanol–water partition coefficient (Wildman–Crippen LogP) is 3.63. The summed E-state index contributed by atoms with van der Waals surface area (Å²) < 4.78 is 0. The highest BCUT2D eigenvalue weighted by molar-refractivity contribution is 7.17. The van der Waals surface area contributed by atoms with Gasteiger partial charge in [0.2, 0.25) is 5.91 Å². The Balaban J connectivity index is 1.77. The zero-order chi connectivity index (χ0) is 21.7. The van der Waals surface area contributed by atoms with Crippen molar-refractivity contribution < 1.29 is 14.4 Å². The zero-order valence-corrected chi connectivity index (χ0v) is 17.6. The smallest absolute Gasteiger partial charge is 0.267 e. The van der Waals surface area contributed by atoms with E-state index < -0.39 is 11.8 Å². The van der Waals surface area contributed by atoms with Gasteiger partial charge in [0.15, 0.2) is 0 Å². The molecule has 1 heterocycles. The number of hydrogen-bond donors (Lipinski definition) is 3. The topological polar surface area (TPSA) is 114 Å². The average Bonchev–Trinajstić information content (AvgIpc) is 3.10. The molecule has 30 heavy (non-hydrogen) atoms. The van der Waals surface area contributed by atoms with Crippen molar-refractivity contribution in [2.75, 3.05) is 11.9 Å². The zero-order valence-electron chi connectivity index (χ0n) is 16.1. The lowest BCUT2D eigenvalue weighted by Gasteiger charge is -2.10. The minimum absolute atomic E-state index is 0.0355. The summed E-state index contributed by atoms with van der Waals surface area (Å²) in [6.07, 6.45) is 0.0355. The molecule has 3 aromatic rings. The summed E-state index contributed by atoms with van der Waals surface area (Å²) in [6, 6.07) is 13.8. The van der Waals surface area contributed by atoms with Crippen LogP contribution in [0, 0.1) is 6.92 Å². The Hall–Kier alpha value is -3.23. The van der Waals surface area contributed by atoms with E-state index in [-0.39, 0.29) is 24.4 Å². The number of nitrogens with one attached hydrogen (secondary N) is 2. The van der Waals surface area contributed by atoms with Gasteiger partial charge < -0.3 is 16.4 Å². The molecule has 0 aliphatic rings. The van der Waals surface area contributed by atoms with Crippen LogP contribution in [0.2, 0.25) is 5.02 Å². The molecule has 4 N–H and O–H groups in total. The van der Waals surface area contributed by atoms with E-state index in [9.17, 15) is 14.4 Å². The van der Waals surface area contributed by atoms with E-state index in [0.29, 0.717) is 26.3 Å². The van der Waals surface area contributed by atoms with E-state index in [2.05, 4.69) is 15.6 Å². The molecule has 0 unspecified atom stereocenters. The maximum absolute atomic E-state index is 12.9. The third-order valence-corrected chi connectivity index (χ3v) is 5.63. The van der Waals surface area contributed by atoms with Gasteiger partial charge in [-0.2, -0.15) is 0 Å². The number of nitrogens with two attached hydrogens (primary N) is 1. The van der Waals surface area contributed by atoms with Crippen molar-refractivity contribution in [1.29, 1.82) is 0 Å². The Morgan fingerprint density at radius 3 is 2.47 bits per heavy atom. The number of carbonyl (C=O) groups excluding carboxylic acids is 3. The molecule has 0 spiro atoms. The summed E-state index contributed by atoms with van der Waals surface area (Å²) in [6.45, 7) is 1.88. The predicted molar refractivity (Wildman–Crippen MR) is 118 cm³/mol. The number of amides is 3. The average molecular weight is 443 g/mol. The number of aryl methyl sites for hydroxylation is 1. The van der Waals surface area contributed by atoms with Crippen molar-refractivity contribution in [3.8, 4) is 10.6 Å². The molecule has 0 atom stereocenters. The molecule has 0 fully saturated rings. The fraction of sp³-hybridized carbons (Fsp3) is 0.143. The van der Waals surface area contributed by atoms with Crippen LogP contribution in [0.3, 0.4) is 0 Å². The third-order valence-electron chi connectivity index (χ3n) is 4.17. The molecule has 3 rings (SSSR count). The molecular weight excluding hydrogens is 424 g/mol. The quantitative estimate of drug-likeness (QED) is 0.518. The first-order chi connectivity index (χ1) is 14.3. The molecule has 2 aromatic carbocycles. The van der Waals surface area contributed by atoms with Crippen molar-refractivity contribution in [2.45, 2.75) is 13.3 Å². The van der Waals surface area contributed by atoms with Gasteiger partial charge in [-0.15, -0.1) is 11.3 Å². The molecule has 7 nitrogen and oxygen atoms in total. The van der Waals surface area contributed by atoms with Gasteiger partial charge in [0.1, 0.15) is 9.88 Å². The first-order valence-electron chi connectivity index (χ1n) is 9.05. The highest BCUT2D eigenvalue weighted by Gasteiger charge is 2.19. The van der Waals surface area contributed by atoms with Crippen LogP contribution >= 0.6 is 22.9 Å². The number of anilines is 1. The lowest BCUT2D eigenvalue weighted by molar-refractivity contribution is -0.117. The number of halogens is 1. The van der Waals surface area contributed by atoms with E-state index in [0.717, 1.165) is 5.56 Å². The number of primary amides is 1. The number of para-hydroxylation sites is 1. The number of benzene rings is 2. The van der Waals surface area contributed by atoms with Gasteiger partial charge in [-0.25, -0.2) is 4.98 Å². The van der Waals surface area contributed by atoms with Gasteiger partial charge in [0, 0.05) is 23.6 Å². The number of aromatic nitrogens is 1. The van der Waals surface area contributed by atoms with Crippen LogP contribution in [0.5, 0.6) is 0 Å². The minimum Gasteiger partial charge on any atom is -0.370 e. The summed E-state index contributed by atoms with van der Waals surface area (Å²) >= 11 is 7.19. The van der Waals surface area contributed by atoms with Gasteiger partial charge in [-0.3, -0.25) is 14.4 Å². The number of hydrogen-bond acceptors (Lipinski definition) is 5. The molecule has 0 saturated heterocycles. The fourth-order valence-corrected chi connectivity index (χ4v) is 3.78. The Bertz CT molecular complexity index is 1100. The number of rotatable bonds is 7. The molecule has 0 radical (unpaired) electrons. The van der Waals surface area contributed by atoms with Crippen molar-refractivity contribution in [3.05, 3.63) is 69.7 Å². The van der Waals surface area contributed by atoms with Crippen LogP contribution in [0.15, 0.2) is 48.5 Å². The fourth-order valence-electron chi connectivity index (χ4n) is 2.69. The summed E-state index contributed by atoms with van der Waals surface area (Å²) in [5.41, 5.74) is 7.18. The summed E-state index contributed by atoms with van der Waals surface area (Å²) in [7, 11) is 0. The SMILES string of the molecule is Cc1nc(-c2ccc(Cl)cc2)sc1C(=O)Nc1ccccc1C(=O)NCCC(N)=O. The summed E-state index contributed by atoms with van der Waals surface area (Å²) in [5, 5.41) is 6.71. The molecule has 3 amide bonds. The van der Waals surface area contributed by atoms with E-state index in [1.54, 1.807) is 43.3 Å². The van der Waals surface area contributed by atoms with Gasteiger partial charge in [0.25, 0.3) is 11.8 Å². The Morgan fingerprint density at radius 1 is 1.07 bits per heavy atom. The number of nitrogens with zero attached hydrogens (tertiary/aromatic N) is 1. The molecule has 1 aromatic heterocycles. The molecule has 0 aliphatic carbocycles. The molecule has 9 heteroatoms. The van der Waals surface area contributed by atoms with Gasteiger partial charge in [0.05, 0.1) is 16.9 Å². The highest BCUT2D eigenvalue weighted by Crippen LogP contribution is 2.29. The summed E-state index contributed by atoms with van der Waals surface area (Å²) in [5.74, 6) is -1.27. The van der Waals surface area contributed by atoms with Gasteiger partial charge in [-0.05, 0) is 31.2 Å². The largest absolute Gasteiger partial charge is 0.370 e. The lowest BCUT2D eigenvalue weighted by atomic mass is 10.1. The summed E-state index contributed by atoms with van der Waals surface area (Å²) in [4.78, 5) is 41.0. The second kappa shape index (κ2) is 9.51. The molecule has 0 bridgehead atoms. The van der Waals surface area contributed by atoms with E-state index in [4.69, 9.17) is 17.3 Å².